The molecule has 0 aliphatic heterocycles. The molecule has 0 fully saturated rings. The Morgan fingerprint density at radius 1 is 1.24 bits per heavy atom. The summed E-state index contributed by atoms with van der Waals surface area (Å²) in [6.07, 6.45) is 3.37. The van der Waals surface area contributed by atoms with Gasteiger partial charge in [-0.2, -0.15) is 0 Å². The summed E-state index contributed by atoms with van der Waals surface area (Å²) in [5, 5.41) is 3.49. The maximum atomic E-state index is 12.7. The van der Waals surface area contributed by atoms with Gasteiger partial charge in [-0.25, -0.2) is 9.97 Å². The van der Waals surface area contributed by atoms with Gasteiger partial charge in [0.15, 0.2) is 0 Å². The van der Waals surface area contributed by atoms with E-state index in [1.54, 1.807) is 19.4 Å². The highest BCUT2D eigenvalue weighted by Gasteiger charge is 2.12. The summed E-state index contributed by atoms with van der Waals surface area (Å²) in [5.74, 6) is 0.369. The largest absolute Gasteiger partial charge is 0.475 e. The first-order chi connectivity index (χ1) is 14.0. The lowest BCUT2D eigenvalue weighted by atomic mass is 10.2. The number of aryl methyl sites for hydroxylation is 3. The number of methoxy groups -OCH3 is 1. The molecule has 3 heterocycles. The van der Waals surface area contributed by atoms with Crippen LogP contribution >= 0.6 is 11.3 Å². The van der Waals surface area contributed by atoms with Gasteiger partial charge in [0.1, 0.15) is 11.4 Å². The van der Waals surface area contributed by atoms with Crippen molar-refractivity contribution in [2.24, 2.45) is 0 Å². The number of aromatic nitrogens is 3. The van der Waals surface area contributed by atoms with Gasteiger partial charge in [0.2, 0.25) is 11.8 Å². The van der Waals surface area contributed by atoms with E-state index < -0.39 is 0 Å². The number of thiophene rings is 1. The number of carbonyl (C=O) groups is 1. The van der Waals surface area contributed by atoms with Crippen molar-refractivity contribution in [3.8, 4) is 5.88 Å². The van der Waals surface area contributed by atoms with Crippen LogP contribution in [0.1, 0.15) is 22.4 Å². The molecule has 0 bridgehead atoms. The first-order valence-electron chi connectivity index (χ1n) is 9.28. The monoisotopic (exact) mass is 416 g/mol. The molecule has 9 heteroatoms. The predicted molar refractivity (Wildman–Crippen MR) is 111 cm³/mol. The zero-order valence-corrected chi connectivity index (χ0v) is 17.5. The smallest absolute Gasteiger partial charge is 0.262 e. The third-order valence-electron chi connectivity index (χ3n) is 4.56. The molecule has 0 radical (unpaired) electrons. The maximum absolute atomic E-state index is 12.7. The summed E-state index contributed by atoms with van der Waals surface area (Å²) in [4.78, 5) is 35.2. The van der Waals surface area contributed by atoms with E-state index in [1.165, 1.54) is 22.2 Å². The van der Waals surface area contributed by atoms with Crippen LogP contribution < -0.4 is 15.6 Å². The summed E-state index contributed by atoms with van der Waals surface area (Å²) < 4.78 is 11.8. The zero-order chi connectivity index (χ0) is 20.8. The van der Waals surface area contributed by atoms with Crippen molar-refractivity contribution < 1.29 is 14.3 Å². The van der Waals surface area contributed by atoms with Crippen molar-refractivity contribution in [3.05, 3.63) is 51.0 Å². The topological polar surface area (TPSA) is 95.3 Å². The molecule has 0 aliphatic rings. The number of carbonyl (C=O) groups excluding carboxylic acids is 1. The Hall–Kier alpha value is -2.78. The normalized spacial score (nSPS) is 11.0. The molecule has 0 aliphatic carbocycles. The van der Waals surface area contributed by atoms with Crippen molar-refractivity contribution >= 4 is 27.5 Å². The molecule has 3 rings (SSSR count). The fourth-order valence-corrected chi connectivity index (χ4v) is 3.76. The summed E-state index contributed by atoms with van der Waals surface area (Å²) in [6, 6.07) is 3.60. The SMILES string of the molecule is COCCOc1ccc(CNC(=O)CCn2cnc3sc(C)c(C)c3c2=O)cn1. The summed E-state index contributed by atoms with van der Waals surface area (Å²) in [6.45, 7) is 5.48. The molecule has 0 saturated heterocycles. The Morgan fingerprint density at radius 2 is 2.07 bits per heavy atom. The number of nitrogens with zero attached hydrogens (tertiary/aromatic N) is 3. The third kappa shape index (κ3) is 5.18. The molecule has 0 spiro atoms. The average Bonchev–Trinajstić information content (AvgIpc) is 3.01. The van der Waals surface area contributed by atoms with Gasteiger partial charge >= 0.3 is 0 Å². The van der Waals surface area contributed by atoms with Crippen molar-refractivity contribution in [1.82, 2.24) is 19.9 Å². The Bertz CT molecular complexity index is 1040. The van der Waals surface area contributed by atoms with E-state index in [0.29, 0.717) is 31.0 Å². The van der Waals surface area contributed by atoms with Crippen LogP contribution in [0.5, 0.6) is 5.88 Å². The van der Waals surface area contributed by atoms with Crippen LogP contribution in [-0.2, 0) is 22.6 Å². The molecule has 0 aromatic carbocycles. The molecule has 0 saturated carbocycles. The number of fused-ring (bicyclic) bond motifs is 1. The fraction of sp³-hybridized carbons (Fsp3) is 0.400. The van der Waals surface area contributed by atoms with Gasteiger partial charge in [0.05, 0.1) is 18.3 Å². The molecule has 0 unspecified atom stereocenters. The Kier molecular flexibility index (Phi) is 6.95. The van der Waals surface area contributed by atoms with Crippen LogP contribution in [0.3, 0.4) is 0 Å². The number of ether oxygens (including phenoxy) is 2. The quantitative estimate of drug-likeness (QED) is 0.538. The second kappa shape index (κ2) is 9.62. The Labute approximate surface area is 172 Å². The number of hydrogen-bond donors (Lipinski definition) is 1. The van der Waals surface area contributed by atoms with E-state index in [-0.39, 0.29) is 24.4 Å². The summed E-state index contributed by atoms with van der Waals surface area (Å²) in [7, 11) is 1.61. The minimum absolute atomic E-state index is 0.0992. The molecule has 154 valence electrons. The molecule has 1 amide bonds. The average molecular weight is 417 g/mol. The molecule has 0 atom stereocenters. The fourth-order valence-electron chi connectivity index (χ4n) is 2.77. The zero-order valence-electron chi connectivity index (χ0n) is 16.7. The van der Waals surface area contributed by atoms with Gasteiger partial charge in [-0.05, 0) is 25.0 Å². The van der Waals surface area contributed by atoms with Gasteiger partial charge in [-0.3, -0.25) is 14.2 Å². The minimum atomic E-state index is -0.143. The second-order valence-electron chi connectivity index (χ2n) is 6.58. The molecule has 1 N–H and O–H groups in total. The van der Waals surface area contributed by atoms with E-state index >= 15 is 0 Å². The first-order valence-corrected chi connectivity index (χ1v) is 10.1. The summed E-state index contributed by atoms with van der Waals surface area (Å²) in [5.41, 5.74) is 1.73. The van der Waals surface area contributed by atoms with Crippen LogP contribution in [-0.4, -0.2) is 40.8 Å². The molecular formula is C20H24N4O4S. The maximum Gasteiger partial charge on any atom is 0.262 e. The lowest BCUT2D eigenvalue weighted by Crippen LogP contribution is -2.27. The van der Waals surface area contributed by atoms with E-state index in [9.17, 15) is 9.59 Å². The molecule has 3 aromatic rings. The highest BCUT2D eigenvalue weighted by molar-refractivity contribution is 7.18. The molecule has 29 heavy (non-hydrogen) atoms. The lowest BCUT2D eigenvalue weighted by Gasteiger charge is -2.08. The van der Waals surface area contributed by atoms with Crippen molar-refractivity contribution in [1.29, 1.82) is 0 Å². The number of hydrogen-bond acceptors (Lipinski definition) is 7. The van der Waals surface area contributed by atoms with E-state index in [0.717, 1.165) is 20.8 Å². The minimum Gasteiger partial charge on any atom is -0.475 e. The van der Waals surface area contributed by atoms with E-state index in [4.69, 9.17) is 9.47 Å². The van der Waals surface area contributed by atoms with Crippen molar-refractivity contribution in [2.75, 3.05) is 20.3 Å². The molecular weight excluding hydrogens is 392 g/mol. The van der Waals surface area contributed by atoms with Gasteiger partial charge in [0, 0.05) is 43.8 Å². The Balaban J connectivity index is 1.51. The van der Waals surface area contributed by atoms with Gasteiger partial charge < -0.3 is 14.8 Å². The first kappa shape index (κ1) is 20.9. The number of amides is 1. The van der Waals surface area contributed by atoms with Crippen LogP contribution in [0.2, 0.25) is 0 Å². The van der Waals surface area contributed by atoms with Crippen molar-refractivity contribution in [3.63, 3.8) is 0 Å². The lowest BCUT2D eigenvalue weighted by molar-refractivity contribution is -0.121. The van der Waals surface area contributed by atoms with Gasteiger partial charge in [-0.1, -0.05) is 6.07 Å². The van der Waals surface area contributed by atoms with Crippen LogP contribution in [0, 0.1) is 13.8 Å². The Morgan fingerprint density at radius 3 is 2.79 bits per heavy atom. The predicted octanol–water partition coefficient (Wildman–Crippen LogP) is 2.20. The van der Waals surface area contributed by atoms with E-state index in [2.05, 4.69) is 15.3 Å². The number of pyridine rings is 1. The standard InChI is InChI=1S/C20H24N4O4S/c1-13-14(2)29-19-18(13)20(26)24(12-23-19)7-6-16(25)21-10-15-4-5-17(22-11-15)28-9-8-27-3/h4-5,11-12H,6-10H2,1-3H3,(H,21,25). The summed E-state index contributed by atoms with van der Waals surface area (Å²) >= 11 is 1.51. The van der Waals surface area contributed by atoms with Crippen LogP contribution in [0.4, 0.5) is 0 Å². The van der Waals surface area contributed by atoms with Crippen LogP contribution in [0.15, 0.2) is 29.5 Å². The highest BCUT2D eigenvalue weighted by atomic mass is 32.1. The van der Waals surface area contributed by atoms with Crippen molar-refractivity contribution in [2.45, 2.75) is 33.4 Å². The number of rotatable bonds is 9. The highest BCUT2D eigenvalue weighted by Crippen LogP contribution is 2.25. The van der Waals surface area contributed by atoms with Gasteiger partial charge in [-0.15, -0.1) is 11.3 Å². The number of nitrogens with one attached hydrogen (secondary N) is 1. The van der Waals surface area contributed by atoms with Crippen LogP contribution in [0.25, 0.3) is 10.2 Å². The van der Waals surface area contributed by atoms with E-state index in [1.807, 2.05) is 19.9 Å². The third-order valence-corrected chi connectivity index (χ3v) is 5.68. The second-order valence-corrected chi connectivity index (χ2v) is 7.78. The van der Waals surface area contributed by atoms with Gasteiger partial charge in [0.25, 0.3) is 5.56 Å². The molecule has 8 nitrogen and oxygen atoms in total. The molecule has 3 aromatic heterocycles.